The minimum absolute atomic E-state index is 0.0179. The van der Waals surface area contributed by atoms with E-state index >= 15 is 0 Å². The maximum absolute atomic E-state index is 5.67. The first kappa shape index (κ1) is 13.4. The molecule has 0 spiro atoms. The van der Waals surface area contributed by atoms with Crippen LogP contribution >= 0.6 is 0 Å². The van der Waals surface area contributed by atoms with Crippen LogP contribution in [0, 0.1) is 0 Å². The molecule has 20 heavy (non-hydrogen) atoms. The van der Waals surface area contributed by atoms with Gasteiger partial charge in [-0.15, -0.1) is 0 Å². The lowest BCUT2D eigenvalue weighted by Gasteiger charge is -2.41. The van der Waals surface area contributed by atoms with E-state index in [4.69, 9.17) is 9.15 Å². The first-order chi connectivity index (χ1) is 9.74. The molecular formula is C15H21N3O2. The Morgan fingerprint density at radius 2 is 2.40 bits per heavy atom. The van der Waals surface area contributed by atoms with Crippen molar-refractivity contribution in [1.82, 2.24) is 14.9 Å². The van der Waals surface area contributed by atoms with Crippen LogP contribution in [0.1, 0.15) is 36.9 Å². The van der Waals surface area contributed by atoms with Gasteiger partial charge in [0.15, 0.2) is 0 Å². The molecule has 5 nitrogen and oxygen atoms in total. The summed E-state index contributed by atoms with van der Waals surface area (Å²) < 4.78 is 13.3. The lowest BCUT2D eigenvalue weighted by Crippen LogP contribution is -2.49. The van der Waals surface area contributed by atoms with E-state index in [0.717, 1.165) is 31.0 Å². The Morgan fingerprint density at radius 1 is 1.55 bits per heavy atom. The Bertz CT molecular complexity index is 538. The van der Waals surface area contributed by atoms with Crippen LogP contribution in [0.25, 0.3) is 0 Å². The summed E-state index contributed by atoms with van der Waals surface area (Å²) in [5.74, 6) is 1.83. The van der Waals surface area contributed by atoms with Crippen molar-refractivity contribution >= 4 is 0 Å². The molecule has 0 saturated heterocycles. The van der Waals surface area contributed by atoms with Crippen molar-refractivity contribution in [3.8, 4) is 0 Å². The van der Waals surface area contributed by atoms with Crippen molar-refractivity contribution in [3.63, 3.8) is 0 Å². The van der Waals surface area contributed by atoms with Gasteiger partial charge < -0.3 is 13.7 Å². The molecule has 5 heteroatoms. The highest BCUT2D eigenvalue weighted by Crippen LogP contribution is 2.35. The second-order valence-electron chi connectivity index (χ2n) is 5.47. The summed E-state index contributed by atoms with van der Waals surface area (Å²) in [6.07, 6.45) is 8.92. The molecule has 1 aliphatic rings. The number of imidazole rings is 1. The minimum atomic E-state index is -0.0439. The predicted octanol–water partition coefficient (Wildman–Crippen LogP) is 2.26. The van der Waals surface area contributed by atoms with Gasteiger partial charge >= 0.3 is 0 Å². The van der Waals surface area contributed by atoms with Gasteiger partial charge in [-0.1, -0.05) is 0 Å². The number of hydrogen-bond acceptors (Lipinski definition) is 4. The van der Waals surface area contributed by atoms with Gasteiger partial charge in [-0.2, -0.15) is 0 Å². The van der Waals surface area contributed by atoms with Crippen LogP contribution in [-0.2, 0) is 11.8 Å². The quantitative estimate of drug-likeness (QED) is 0.878. The van der Waals surface area contributed by atoms with E-state index in [1.54, 1.807) is 13.4 Å². The summed E-state index contributed by atoms with van der Waals surface area (Å²) in [6, 6.07) is 3.84. The molecule has 0 aromatic carbocycles. The maximum Gasteiger partial charge on any atom is 0.133 e. The molecular weight excluding hydrogens is 254 g/mol. The van der Waals surface area contributed by atoms with E-state index in [9.17, 15) is 0 Å². The lowest BCUT2D eigenvalue weighted by atomic mass is 9.80. The first-order valence-electron chi connectivity index (χ1n) is 7.03. The van der Waals surface area contributed by atoms with Gasteiger partial charge in [-0.3, -0.25) is 5.32 Å². The monoisotopic (exact) mass is 275 g/mol. The summed E-state index contributed by atoms with van der Waals surface area (Å²) in [7, 11) is 3.79. The van der Waals surface area contributed by atoms with E-state index in [1.165, 1.54) is 6.42 Å². The standard InChI is InChI=1S/C15H21N3O2/c1-18-9-8-16-14(18)13(12-5-3-10-20-12)17-11-15(19-2)6-4-7-15/h3,5,8-10,13,17H,4,6-7,11H2,1-2H3. The van der Waals surface area contributed by atoms with E-state index in [1.807, 2.05) is 36.1 Å². The van der Waals surface area contributed by atoms with Gasteiger partial charge in [0.2, 0.25) is 0 Å². The third kappa shape index (κ3) is 2.39. The summed E-state index contributed by atoms with van der Waals surface area (Å²) in [4.78, 5) is 4.44. The Morgan fingerprint density at radius 3 is 2.90 bits per heavy atom. The number of rotatable bonds is 6. The normalized spacial score (nSPS) is 18.7. The summed E-state index contributed by atoms with van der Waals surface area (Å²) >= 11 is 0. The number of hydrogen-bond donors (Lipinski definition) is 1. The zero-order valence-electron chi connectivity index (χ0n) is 12.0. The van der Waals surface area contributed by atoms with E-state index in [2.05, 4.69) is 10.3 Å². The largest absolute Gasteiger partial charge is 0.467 e. The number of aromatic nitrogens is 2. The molecule has 0 radical (unpaired) electrons. The second kappa shape index (κ2) is 5.42. The molecule has 0 amide bonds. The Labute approximate surface area is 118 Å². The van der Waals surface area contributed by atoms with Crippen LogP contribution in [0.15, 0.2) is 35.2 Å². The average Bonchev–Trinajstić information content (AvgIpc) is 3.05. The van der Waals surface area contributed by atoms with Crippen molar-refractivity contribution in [3.05, 3.63) is 42.4 Å². The molecule has 1 fully saturated rings. The molecule has 2 heterocycles. The van der Waals surface area contributed by atoms with Gasteiger partial charge in [-0.25, -0.2) is 4.98 Å². The molecule has 1 atom stereocenters. The van der Waals surface area contributed by atoms with Crippen molar-refractivity contribution < 1.29 is 9.15 Å². The second-order valence-corrected chi connectivity index (χ2v) is 5.47. The SMILES string of the molecule is COC1(CNC(c2ccco2)c2nccn2C)CCC1. The van der Waals surface area contributed by atoms with Gasteiger partial charge in [0, 0.05) is 33.1 Å². The molecule has 108 valence electrons. The molecule has 0 aliphatic heterocycles. The molecule has 0 bridgehead atoms. The third-order valence-electron chi connectivity index (χ3n) is 4.27. The van der Waals surface area contributed by atoms with Crippen LogP contribution < -0.4 is 5.32 Å². The molecule has 3 rings (SSSR count). The fourth-order valence-corrected chi connectivity index (χ4v) is 2.74. The first-order valence-corrected chi connectivity index (χ1v) is 7.03. The Hall–Kier alpha value is -1.59. The highest BCUT2D eigenvalue weighted by molar-refractivity contribution is 5.16. The van der Waals surface area contributed by atoms with Crippen molar-refractivity contribution in [1.29, 1.82) is 0 Å². The molecule has 1 saturated carbocycles. The van der Waals surface area contributed by atoms with E-state index in [0.29, 0.717) is 0 Å². The van der Waals surface area contributed by atoms with Crippen molar-refractivity contribution in [2.45, 2.75) is 30.9 Å². The Balaban J connectivity index is 1.78. The van der Waals surface area contributed by atoms with E-state index in [-0.39, 0.29) is 11.6 Å². The highest BCUT2D eigenvalue weighted by Gasteiger charge is 2.38. The van der Waals surface area contributed by atoms with Gasteiger partial charge in [0.05, 0.1) is 11.9 Å². The topological polar surface area (TPSA) is 52.2 Å². The number of methoxy groups -OCH3 is 1. The number of nitrogens with zero attached hydrogens (tertiary/aromatic N) is 2. The van der Waals surface area contributed by atoms with Gasteiger partial charge in [0.1, 0.15) is 17.6 Å². The zero-order valence-corrected chi connectivity index (χ0v) is 12.0. The summed E-state index contributed by atoms with van der Waals surface area (Å²) in [6.45, 7) is 0.807. The minimum Gasteiger partial charge on any atom is -0.467 e. The zero-order chi connectivity index (χ0) is 14.0. The summed E-state index contributed by atoms with van der Waals surface area (Å²) in [5.41, 5.74) is -0.0179. The number of ether oxygens (including phenoxy) is 1. The van der Waals surface area contributed by atoms with Crippen LogP contribution in [0.2, 0.25) is 0 Å². The van der Waals surface area contributed by atoms with Gasteiger partial charge in [0.25, 0.3) is 0 Å². The fourth-order valence-electron chi connectivity index (χ4n) is 2.74. The van der Waals surface area contributed by atoms with Crippen LogP contribution in [0.4, 0.5) is 0 Å². The number of aryl methyl sites for hydroxylation is 1. The molecule has 2 aromatic rings. The van der Waals surface area contributed by atoms with Crippen LogP contribution in [0.5, 0.6) is 0 Å². The van der Waals surface area contributed by atoms with E-state index < -0.39 is 0 Å². The number of furan rings is 1. The maximum atomic E-state index is 5.67. The van der Waals surface area contributed by atoms with Crippen molar-refractivity contribution in [2.75, 3.05) is 13.7 Å². The molecule has 1 aliphatic carbocycles. The fraction of sp³-hybridized carbons (Fsp3) is 0.533. The molecule has 1 N–H and O–H groups in total. The molecule has 1 unspecified atom stereocenters. The van der Waals surface area contributed by atoms with Crippen LogP contribution in [0.3, 0.4) is 0 Å². The number of nitrogens with one attached hydrogen (secondary N) is 1. The summed E-state index contributed by atoms with van der Waals surface area (Å²) in [5, 5.41) is 3.56. The Kier molecular flexibility index (Phi) is 3.63. The van der Waals surface area contributed by atoms with Gasteiger partial charge in [-0.05, 0) is 31.4 Å². The predicted molar refractivity (Wildman–Crippen MR) is 75.4 cm³/mol. The molecule has 2 aromatic heterocycles. The van der Waals surface area contributed by atoms with Crippen LogP contribution in [-0.4, -0.2) is 28.8 Å². The smallest absolute Gasteiger partial charge is 0.133 e. The lowest BCUT2D eigenvalue weighted by molar-refractivity contribution is -0.0707. The average molecular weight is 275 g/mol. The third-order valence-corrected chi connectivity index (χ3v) is 4.27. The van der Waals surface area contributed by atoms with Crippen molar-refractivity contribution in [2.24, 2.45) is 7.05 Å². The highest BCUT2D eigenvalue weighted by atomic mass is 16.5.